The van der Waals surface area contributed by atoms with E-state index >= 15 is 0 Å². The molecule has 0 aliphatic carbocycles. The topological polar surface area (TPSA) is 40.5 Å². The molecule has 0 aromatic rings. The van der Waals surface area contributed by atoms with E-state index < -0.39 is 12.2 Å². The second-order valence-electron chi connectivity index (χ2n) is 1.48. The van der Waals surface area contributed by atoms with Crippen LogP contribution in [0.5, 0.6) is 0 Å². The third-order valence-electron chi connectivity index (χ3n) is 0.698. The maximum atomic E-state index is 8.38. The van der Waals surface area contributed by atoms with Gasteiger partial charge >= 0.3 is 23.1 Å². The van der Waals surface area contributed by atoms with Gasteiger partial charge in [0.2, 0.25) is 0 Å². The molecule has 0 aliphatic heterocycles. The van der Waals surface area contributed by atoms with Gasteiger partial charge in [0.25, 0.3) is 0 Å². The molecule has 0 fully saturated rings. The van der Waals surface area contributed by atoms with Crippen molar-refractivity contribution >= 4 is 23.1 Å². The Hall–Kier alpha value is 0.686. The zero-order valence-corrected chi connectivity index (χ0v) is 4.05. The van der Waals surface area contributed by atoms with Gasteiger partial charge in [-0.15, -0.1) is 0 Å². The van der Waals surface area contributed by atoms with Crippen molar-refractivity contribution in [3.8, 4) is 0 Å². The molecule has 0 aromatic heterocycles. The molecule has 0 spiro atoms. The van der Waals surface area contributed by atoms with E-state index in [0.717, 1.165) is 0 Å². The molecule has 0 heterocycles. The first kappa shape index (κ1) is 10.6. The van der Waals surface area contributed by atoms with Crippen molar-refractivity contribution in [3.05, 3.63) is 0 Å². The zero-order valence-electron chi connectivity index (χ0n) is 4.05. The minimum absolute atomic E-state index is 0. The SMILES string of the molecule is CC(O)C(C)O.[MgH2]. The smallest absolute Gasteiger partial charge is 0.316 e. The quantitative estimate of drug-likeness (QED) is 0.424. The van der Waals surface area contributed by atoms with Crippen LogP contribution in [-0.2, 0) is 0 Å². The predicted molar refractivity (Wildman–Crippen MR) is 31.9 cm³/mol. The molecule has 0 rings (SSSR count). The van der Waals surface area contributed by atoms with Crippen LogP contribution in [0, 0.1) is 0 Å². The highest BCUT2D eigenvalue weighted by atomic mass is 24.3. The van der Waals surface area contributed by atoms with Crippen molar-refractivity contribution in [2.45, 2.75) is 26.1 Å². The fourth-order valence-electron chi connectivity index (χ4n) is 0. The van der Waals surface area contributed by atoms with Gasteiger partial charge in [-0.2, -0.15) is 0 Å². The maximum Gasteiger partial charge on any atom is 0.316 e. The summed E-state index contributed by atoms with van der Waals surface area (Å²) >= 11 is 0. The van der Waals surface area contributed by atoms with Crippen LogP contribution in [-0.4, -0.2) is 45.5 Å². The first-order valence-corrected chi connectivity index (χ1v) is 2.00. The molecule has 2 nitrogen and oxygen atoms in total. The Morgan fingerprint density at radius 2 is 1.14 bits per heavy atom. The Bertz CT molecular complexity index is 30.7. The molecule has 7 heavy (non-hydrogen) atoms. The number of rotatable bonds is 1. The lowest BCUT2D eigenvalue weighted by Gasteiger charge is -2.03. The third kappa shape index (κ3) is 6.69. The highest BCUT2D eigenvalue weighted by molar-refractivity contribution is 5.75. The molecule has 0 radical (unpaired) electrons. The second kappa shape index (κ2) is 4.84. The van der Waals surface area contributed by atoms with Crippen molar-refractivity contribution in [1.82, 2.24) is 0 Å². The fourth-order valence-corrected chi connectivity index (χ4v) is 0. The van der Waals surface area contributed by atoms with Crippen LogP contribution in [0.3, 0.4) is 0 Å². The van der Waals surface area contributed by atoms with Crippen LogP contribution in [0.25, 0.3) is 0 Å². The molecule has 0 aliphatic rings. The highest BCUT2D eigenvalue weighted by Gasteiger charge is 1.99. The molecule has 3 heteroatoms. The monoisotopic (exact) mass is 116 g/mol. The van der Waals surface area contributed by atoms with E-state index in [1.807, 2.05) is 0 Å². The Kier molecular flexibility index (Phi) is 7.34. The summed E-state index contributed by atoms with van der Waals surface area (Å²) in [5.41, 5.74) is 0. The molecule has 2 unspecified atom stereocenters. The van der Waals surface area contributed by atoms with E-state index in [1.165, 1.54) is 0 Å². The summed E-state index contributed by atoms with van der Waals surface area (Å²) in [6, 6.07) is 0. The highest BCUT2D eigenvalue weighted by Crippen LogP contribution is 1.85. The molecule has 2 atom stereocenters. The van der Waals surface area contributed by atoms with Gasteiger partial charge in [0.15, 0.2) is 0 Å². The van der Waals surface area contributed by atoms with Crippen LogP contribution in [0.1, 0.15) is 13.8 Å². The summed E-state index contributed by atoms with van der Waals surface area (Å²) in [4.78, 5) is 0. The number of hydrogen-bond donors (Lipinski definition) is 2. The van der Waals surface area contributed by atoms with Gasteiger partial charge in [0.1, 0.15) is 0 Å². The average Bonchev–Trinajstić information content (AvgIpc) is 1.36. The zero-order chi connectivity index (χ0) is 5.15. The van der Waals surface area contributed by atoms with Crippen molar-refractivity contribution in [3.63, 3.8) is 0 Å². The lowest BCUT2D eigenvalue weighted by molar-refractivity contribution is 0.0438. The van der Waals surface area contributed by atoms with Gasteiger partial charge in [-0.05, 0) is 13.8 Å². The first-order chi connectivity index (χ1) is 2.64. The van der Waals surface area contributed by atoms with Crippen molar-refractivity contribution < 1.29 is 10.2 Å². The Balaban J connectivity index is 0. The fraction of sp³-hybridized carbons (Fsp3) is 1.00. The van der Waals surface area contributed by atoms with Crippen LogP contribution in [0.4, 0.5) is 0 Å². The summed E-state index contributed by atoms with van der Waals surface area (Å²) in [7, 11) is 0. The number of aliphatic hydroxyl groups excluding tert-OH is 2. The van der Waals surface area contributed by atoms with E-state index in [1.54, 1.807) is 13.8 Å². The van der Waals surface area contributed by atoms with Crippen LogP contribution in [0.15, 0.2) is 0 Å². The lowest BCUT2D eigenvalue weighted by Crippen LogP contribution is -2.17. The van der Waals surface area contributed by atoms with Crippen molar-refractivity contribution in [1.29, 1.82) is 0 Å². The van der Waals surface area contributed by atoms with Crippen molar-refractivity contribution in [2.75, 3.05) is 0 Å². The molecule has 0 amide bonds. The summed E-state index contributed by atoms with van der Waals surface area (Å²) in [6.07, 6.45) is -1.19. The molecule has 0 saturated heterocycles. The first-order valence-electron chi connectivity index (χ1n) is 2.00. The summed E-state index contributed by atoms with van der Waals surface area (Å²) in [6.45, 7) is 3.09. The Morgan fingerprint density at radius 1 is 1.00 bits per heavy atom. The van der Waals surface area contributed by atoms with E-state index in [0.29, 0.717) is 0 Å². The standard InChI is InChI=1S/C4H10O2.Mg.2H/c1-3(5)4(2)6;;;/h3-6H,1-2H3;;;. The minimum Gasteiger partial charge on any atom is -0.391 e. The van der Waals surface area contributed by atoms with Gasteiger partial charge in [-0.25, -0.2) is 0 Å². The molecule has 42 valence electrons. The van der Waals surface area contributed by atoms with E-state index in [2.05, 4.69) is 0 Å². The summed E-state index contributed by atoms with van der Waals surface area (Å²) in [5, 5.41) is 16.8. The number of hydrogen-bond acceptors (Lipinski definition) is 2. The molecular weight excluding hydrogens is 104 g/mol. The Labute approximate surface area is 59.7 Å². The van der Waals surface area contributed by atoms with Crippen LogP contribution in [0.2, 0.25) is 0 Å². The average molecular weight is 116 g/mol. The van der Waals surface area contributed by atoms with Crippen LogP contribution >= 0.6 is 0 Å². The van der Waals surface area contributed by atoms with Gasteiger partial charge in [0, 0.05) is 0 Å². The van der Waals surface area contributed by atoms with Gasteiger partial charge in [-0.1, -0.05) is 0 Å². The summed E-state index contributed by atoms with van der Waals surface area (Å²) in [5.74, 6) is 0. The maximum absolute atomic E-state index is 8.38. The number of aliphatic hydroxyl groups is 2. The summed E-state index contributed by atoms with van der Waals surface area (Å²) < 4.78 is 0. The third-order valence-corrected chi connectivity index (χ3v) is 0.698. The minimum atomic E-state index is -0.593. The van der Waals surface area contributed by atoms with Gasteiger partial charge in [-0.3, -0.25) is 0 Å². The Morgan fingerprint density at radius 3 is 1.14 bits per heavy atom. The molecule has 0 bridgehead atoms. The molecule has 0 saturated carbocycles. The van der Waals surface area contributed by atoms with Gasteiger partial charge < -0.3 is 10.2 Å². The van der Waals surface area contributed by atoms with Crippen molar-refractivity contribution in [2.24, 2.45) is 0 Å². The van der Waals surface area contributed by atoms with E-state index in [9.17, 15) is 0 Å². The molecule has 2 N–H and O–H groups in total. The molecular formula is C4H12MgO2. The lowest BCUT2D eigenvalue weighted by atomic mass is 10.3. The van der Waals surface area contributed by atoms with Crippen LogP contribution < -0.4 is 0 Å². The largest absolute Gasteiger partial charge is 0.391 e. The van der Waals surface area contributed by atoms with E-state index in [4.69, 9.17) is 10.2 Å². The van der Waals surface area contributed by atoms with Gasteiger partial charge in [0.05, 0.1) is 12.2 Å². The predicted octanol–water partition coefficient (Wildman–Crippen LogP) is -1.17. The molecule has 0 aromatic carbocycles. The second-order valence-corrected chi connectivity index (χ2v) is 1.48. The van der Waals surface area contributed by atoms with E-state index in [-0.39, 0.29) is 23.1 Å². The normalized spacial score (nSPS) is 17.1.